The van der Waals surface area contributed by atoms with Gasteiger partial charge in [-0.3, -0.25) is 5.10 Å². The van der Waals surface area contributed by atoms with Gasteiger partial charge >= 0.3 is 0 Å². The van der Waals surface area contributed by atoms with Gasteiger partial charge in [0.2, 0.25) is 0 Å². The molecule has 0 saturated carbocycles. The van der Waals surface area contributed by atoms with Crippen molar-refractivity contribution in [2.45, 2.75) is 6.04 Å². The van der Waals surface area contributed by atoms with Crippen molar-refractivity contribution in [3.63, 3.8) is 0 Å². The zero-order valence-corrected chi connectivity index (χ0v) is 6.61. The molecule has 56 valence electrons. The first-order chi connectivity index (χ1) is 5.45. The number of aromatic amines is 1. The van der Waals surface area contributed by atoms with E-state index in [-0.39, 0.29) is 0 Å². The Bertz CT molecular complexity index is 385. The van der Waals surface area contributed by atoms with Gasteiger partial charge in [0.25, 0.3) is 0 Å². The molecule has 2 aromatic rings. The fourth-order valence-electron chi connectivity index (χ4n) is 1.28. The van der Waals surface area contributed by atoms with Crippen LogP contribution in [0.25, 0.3) is 10.9 Å². The maximum absolute atomic E-state index is 4.24. The van der Waals surface area contributed by atoms with Gasteiger partial charge in [0.1, 0.15) is 0 Å². The number of hydrogen-bond donors (Lipinski definition) is 2. The van der Waals surface area contributed by atoms with Gasteiger partial charge in [-0.05, 0) is 0 Å². The Morgan fingerprint density at radius 2 is 2.45 bits per heavy atom. The fraction of sp³-hybridized carbons (Fsp3) is 0.286. The lowest BCUT2D eigenvalue weighted by Gasteiger charge is -1.84. The smallest absolute Gasteiger partial charge is 0.0891 e. The molecule has 1 aliphatic heterocycles. The number of thiophene rings is 1. The van der Waals surface area contributed by atoms with Gasteiger partial charge in [-0.1, -0.05) is 0 Å². The molecule has 0 aromatic carbocycles. The van der Waals surface area contributed by atoms with Gasteiger partial charge in [0.15, 0.2) is 0 Å². The minimum Gasteiger partial charge on any atom is -0.306 e. The lowest BCUT2D eigenvalue weighted by atomic mass is 10.2. The molecule has 3 heterocycles. The summed E-state index contributed by atoms with van der Waals surface area (Å²) in [4.78, 5) is 0. The van der Waals surface area contributed by atoms with Crippen molar-refractivity contribution < 1.29 is 0 Å². The van der Waals surface area contributed by atoms with Crippen LogP contribution in [0.2, 0.25) is 0 Å². The number of hydrogen-bond acceptors (Lipinski definition) is 3. The van der Waals surface area contributed by atoms with Crippen molar-refractivity contribution in [3.05, 3.63) is 16.5 Å². The molecule has 0 radical (unpaired) electrons. The van der Waals surface area contributed by atoms with Gasteiger partial charge in [0, 0.05) is 22.7 Å². The predicted molar refractivity (Wildman–Crippen MR) is 44.7 cm³/mol. The number of rotatable bonds is 1. The number of nitrogens with zero attached hydrogens (tertiary/aromatic N) is 1. The second-order valence-electron chi connectivity index (χ2n) is 2.77. The maximum atomic E-state index is 4.24. The van der Waals surface area contributed by atoms with Crippen molar-refractivity contribution >= 4 is 22.2 Å². The highest BCUT2D eigenvalue weighted by Crippen LogP contribution is 2.28. The molecule has 11 heavy (non-hydrogen) atoms. The standard InChI is InChI=1S/C7H7N3S/c1-5(8-1)7-4-2-11-3-6(4)9-10-7/h2-3,5,8-9H,1H2. The van der Waals surface area contributed by atoms with E-state index in [0.717, 1.165) is 6.54 Å². The molecule has 3 rings (SSSR count). The molecule has 0 aliphatic carbocycles. The molecule has 1 atom stereocenters. The molecule has 0 amide bonds. The van der Waals surface area contributed by atoms with Crippen LogP contribution >= 0.6 is 11.3 Å². The van der Waals surface area contributed by atoms with Gasteiger partial charge in [-0.25, -0.2) is 0 Å². The number of aromatic nitrogens is 2. The molecule has 2 N–H and O–H groups in total. The number of fused-ring (bicyclic) bond motifs is 1. The molecule has 2 aromatic heterocycles. The van der Waals surface area contributed by atoms with E-state index in [9.17, 15) is 0 Å². The van der Waals surface area contributed by atoms with E-state index < -0.39 is 0 Å². The van der Waals surface area contributed by atoms with Crippen LogP contribution < -0.4 is 5.32 Å². The molecule has 0 bridgehead atoms. The Kier molecular flexibility index (Phi) is 0.958. The second kappa shape index (κ2) is 1.84. The van der Waals surface area contributed by atoms with E-state index in [1.54, 1.807) is 11.3 Å². The molecule has 4 heteroatoms. The molecule has 0 spiro atoms. The van der Waals surface area contributed by atoms with Gasteiger partial charge in [-0.15, -0.1) is 11.3 Å². The molecule has 1 unspecified atom stereocenters. The minimum absolute atomic E-state index is 0.512. The Hall–Kier alpha value is -0.870. The third-order valence-electron chi connectivity index (χ3n) is 1.97. The summed E-state index contributed by atoms with van der Waals surface area (Å²) in [6.07, 6.45) is 0. The maximum Gasteiger partial charge on any atom is 0.0891 e. The van der Waals surface area contributed by atoms with Crippen molar-refractivity contribution in [1.82, 2.24) is 15.5 Å². The van der Waals surface area contributed by atoms with E-state index in [2.05, 4.69) is 26.3 Å². The molecular formula is C7H7N3S. The second-order valence-corrected chi connectivity index (χ2v) is 3.51. The monoisotopic (exact) mass is 165 g/mol. The zero-order chi connectivity index (χ0) is 7.26. The van der Waals surface area contributed by atoms with Crippen LogP contribution in [-0.4, -0.2) is 16.7 Å². The van der Waals surface area contributed by atoms with E-state index in [0.29, 0.717) is 6.04 Å². The summed E-state index contributed by atoms with van der Waals surface area (Å²) in [6.45, 7) is 1.08. The van der Waals surface area contributed by atoms with Gasteiger partial charge in [0.05, 0.1) is 17.3 Å². The SMILES string of the molecule is c1scc2c(C3CN3)n[nH]c12. The summed E-state index contributed by atoms with van der Waals surface area (Å²) < 4.78 is 0. The van der Waals surface area contributed by atoms with E-state index in [4.69, 9.17) is 0 Å². The lowest BCUT2D eigenvalue weighted by molar-refractivity contribution is 0.960. The first-order valence-corrected chi connectivity index (χ1v) is 4.53. The van der Waals surface area contributed by atoms with E-state index >= 15 is 0 Å². The van der Waals surface area contributed by atoms with Gasteiger partial charge < -0.3 is 5.32 Å². The van der Waals surface area contributed by atoms with Crippen LogP contribution in [0.5, 0.6) is 0 Å². The summed E-state index contributed by atoms with van der Waals surface area (Å²) in [5.74, 6) is 0. The van der Waals surface area contributed by atoms with Crippen LogP contribution in [0.4, 0.5) is 0 Å². The Balaban J connectivity index is 2.31. The van der Waals surface area contributed by atoms with Crippen LogP contribution in [0.1, 0.15) is 11.7 Å². The Morgan fingerprint density at radius 3 is 3.27 bits per heavy atom. The predicted octanol–water partition coefficient (Wildman–Crippen LogP) is 1.27. The molecule has 1 saturated heterocycles. The highest BCUT2D eigenvalue weighted by atomic mass is 32.1. The quantitative estimate of drug-likeness (QED) is 0.625. The molecule has 1 fully saturated rings. The van der Waals surface area contributed by atoms with Crippen LogP contribution in [0.3, 0.4) is 0 Å². The van der Waals surface area contributed by atoms with Crippen molar-refractivity contribution in [2.24, 2.45) is 0 Å². The number of nitrogens with one attached hydrogen (secondary N) is 2. The van der Waals surface area contributed by atoms with E-state index in [1.165, 1.54) is 16.6 Å². The average Bonchev–Trinajstić information content (AvgIpc) is 2.63. The van der Waals surface area contributed by atoms with Gasteiger partial charge in [-0.2, -0.15) is 5.10 Å². The van der Waals surface area contributed by atoms with E-state index in [1.807, 2.05) is 0 Å². The molecule has 3 nitrogen and oxygen atoms in total. The first kappa shape index (κ1) is 5.74. The summed E-state index contributed by atoms with van der Waals surface area (Å²) in [6, 6.07) is 0.512. The summed E-state index contributed by atoms with van der Waals surface area (Å²) in [5, 5.41) is 16.0. The summed E-state index contributed by atoms with van der Waals surface area (Å²) in [7, 11) is 0. The summed E-state index contributed by atoms with van der Waals surface area (Å²) >= 11 is 1.72. The van der Waals surface area contributed by atoms with Crippen LogP contribution in [-0.2, 0) is 0 Å². The average molecular weight is 165 g/mol. The summed E-state index contributed by atoms with van der Waals surface area (Å²) in [5.41, 5.74) is 2.35. The van der Waals surface area contributed by atoms with Crippen molar-refractivity contribution in [1.29, 1.82) is 0 Å². The van der Waals surface area contributed by atoms with Crippen molar-refractivity contribution in [3.8, 4) is 0 Å². The fourth-order valence-corrected chi connectivity index (χ4v) is 2.05. The minimum atomic E-state index is 0.512. The van der Waals surface area contributed by atoms with Crippen molar-refractivity contribution in [2.75, 3.05) is 6.54 Å². The highest BCUT2D eigenvalue weighted by Gasteiger charge is 2.26. The first-order valence-electron chi connectivity index (χ1n) is 3.59. The lowest BCUT2D eigenvalue weighted by Crippen LogP contribution is -1.83. The Labute approximate surface area is 67.4 Å². The zero-order valence-electron chi connectivity index (χ0n) is 5.79. The normalized spacial score (nSPS) is 22.7. The topological polar surface area (TPSA) is 50.6 Å². The number of H-pyrrole nitrogens is 1. The third-order valence-corrected chi connectivity index (χ3v) is 2.72. The van der Waals surface area contributed by atoms with Crippen LogP contribution in [0.15, 0.2) is 10.8 Å². The third kappa shape index (κ3) is 0.735. The Morgan fingerprint density at radius 1 is 1.55 bits per heavy atom. The highest BCUT2D eigenvalue weighted by molar-refractivity contribution is 7.09. The molecular weight excluding hydrogens is 158 g/mol. The van der Waals surface area contributed by atoms with Crippen LogP contribution in [0, 0.1) is 0 Å². The largest absolute Gasteiger partial charge is 0.306 e. The molecule has 1 aliphatic rings.